The number of anilines is 1. The lowest BCUT2D eigenvalue weighted by Crippen LogP contribution is -2.44. The summed E-state index contributed by atoms with van der Waals surface area (Å²) in [5.41, 5.74) is 1.37. The molecule has 140 valence electrons. The van der Waals surface area contributed by atoms with Crippen LogP contribution in [-0.4, -0.2) is 35.3 Å². The molecule has 3 rings (SSSR count). The van der Waals surface area contributed by atoms with E-state index in [0.29, 0.717) is 18.0 Å². The smallest absolute Gasteiger partial charge is 0.257 e. The number of rotatable bonds is 6. The lowest BCUT2D eigenvalue weighted by atomic mass is 10.1. The summed E-state index contributed by atoms with van der Waals surface area (Å²) in [7, 11) is 0. The van der Waals surface area contributed by atoms with Crippen molar-refractivity contribution >= 4 is 23.4 Å². The van der Waals surface area contributed by atoms with E-state index in [1.54, 1.807) is 24.3 Å². The van der Waals surface area contributed by atoms with Gasteiger partial charge in [-0.15, -0.1) is 0 Å². The highest BCUT2D eigenvalue weighted by molar-refractivity contribution is 6.23. The fourth-order valence-corrected chi connectivity index (χ4v) is 3.23. The van der Waals surface area contributed by atoms with Crippen LogP contribution in [0.25, 0.3) is 0 Å². The van der Waals surface area contributed by atoms with E-state index in [2.05, 4.69) is 0 Å². The number of hydrogen-bond acceptors (Lipinski definition) is 4. The Balaban J connectivity index is 1.85. The molecule has 6 nitrogen and oxygen atoms in total. The van der Waals surface area contributed by atoms with Gasteiger partial charge in [0.15, 0.2) is 0 Å². The predicted molar refractivity (Wildman–Crippen MR) is 101 cm³/mol. The third-order valence-corrected chi connectivity index (χ3v) is 4.49. The molecule has 0 spiro atoms. The SMILES string of the molecule is CCOc1cccc(N2C(=O)CC(N(Cc3ccccc3)C(C)=O)C2=O)c1. The van der Waals surface area contributed by atoms with Crippen LogP contribution in [0, 0.1) is 0 Å². The lowest BCUT2D eigenvalue weighted by molar-refractivity contribution is -0.137. The number of amides is 3. The summed E-state index contributed by atoms with van der Waals surface area (Å²) < 4.78 is 5.45. The van der Waals surface area contributed by atoms with Crippen molar-refractivity contribution in [2.24, 2.45) is 0 Å². The van der Waals surface area contributed by atoms with E-state index in [1.165, 1.54) is 11.8 Å². The number of carbonyl (C=O) groups excluding carboxylic acids is 3. The highest BCUT2D eigenvalue weighted by atomic mass is 16.5. The minimum absolute atomic E-state index is 0.0237. The van der Waals surface area contributed by atoms with Gasteiger partial charge in [0.2, 0.25) is 11.8 Å². The van der Waals surface area contributed by atoms with Crippen molar-refractivity contribution in [3.05, 3.63) is 60.2 Å². The van der Waals surface area contributed by atoms with Crippen LogP contribution in [0.3, 0.4) is 0 Å². The Morgan fingerprint density at radius 2 is 1.89 bits per heavy atom. The Labute approximate surface area is 158 Å². The molecule has 1 fully saturated rings. The molecule has 1 saturated heterocycles. The molecule has 1 aliphatic heterocycles. The fourth-order valence-electron chi connectivity index (χ4n) is 3.23. The van der Waals surface area contributed by atoms with Crippen LogP contribution in [0.15, 0.2) is 54.6 Å². The summed E-state index contributed by atoms with van der Waals surface area (Å²) in [6.45, 7) is 4.05. The van der Waals surface area contributed by atoms with E-state index in [0.717, 1.165) is 10.5 Å². The quantitative estimate of drug-likeness (QED) is 0.738. The predicted octanol–water partition coefficient (Wildman–Crippen LogP) is 2.77. The second-order valence-electron chi connectivity index (χ2n) is 6.35. The van der Waals surface area contributed by atoms with E-state index in [9.17, 15) is 14.4 Å². The van der Waals surface area contributed by atoms with Crippen LogP contribution in [0.1, 0.15) is 25.8 Å². The molecule has 27 heavy (non-hydrogen) atoms. The molecule has 1 unspecified atom stereocenters. The minimum atomic E-state index is -0.800. The molecular formula is C21H22N2O4. The van der Waals surface area contributed by atoms with E-state index >= 15 is 0 Å². The number of benzene rings is 2. The van der Waals surface area contributed by atoms with Crippen molar-refractivity contribution in [1.29, 1.82) is 0 Å². The molecule has 0 radical (unpaired) electrons. The highest BCUT2D eigenvalue weighted by Crippen LogP contribution is 2.29. The first-order valence-corrected chi connectivity index (χ1v) is 8.92. The van der Waals surface area contributed by atoms with E-state index < -0.39 is 6.04 Å². The normalized spacial score (nSPS) is 16.5. The molecule has 1 atom stereocenters. The first kappa shape index (κ1) is 18.6. The largest absolute Gasteiger partial charge is 0.494 e. The summed E-state index contributed by atoms with van der Waals surface area (Å²) in [4.78, 5) is 40.4. The van der Waals surface area contributed by atoms with Gasteiger partial charge in [-0.05, 0) is 24.6 Å². The zero-order chi connectivity index (χ0) is 19.4. The topological polar surface area (TPSA) is 66.9 Å². The number of hydrogen-bond donors (Lipinski definition) is 0. The molecule has 2 aromatic carbocycles. The number of ether oxygens (including phenoxy) is 1. The van der Waals surface area contributed by atoms with Crippen LogP contribution in [-0.2, 0) is 20.9 Å². The first-order chi connectivity index (χ1) is 13.0. The van der Waals surface area contributed by atoms with Gasteiger partial charge >= 0.3 is 0 Å². The lowest BCUT2D eigenvalue weighted by Gasteiger charge is -2.26. The average Bonchev–Trinajstić information content (AvgIpc) is 2.95. The van der Waals surface area contributed by atoms with Gasteiger partial charge in [0.25, 0.3) is 5.91 Å². The van der Waals surface area contributed by atoms with Crippen molar-refractivity contribution in [3.63, 3.8) is 0 Å². The Hall–Kier alpha value is -3.15. The number of nitrogens with zero attached hydrogens (tertiary/aromatic N) is 2. The molecule has 0 aliphatic carbocycles. The average molecular weight is 366 g/mol. The minimum Gasteiger partial charge on any atom is -0.494 e. The van der Waals surface area contributed by atoms with Crippen molar-refractivity contribution in [3.8, 4) is 5.75 Å². The molecule has 0 bridgehead atoms. The second kappa shape index (κ2) is 8.03. The number of carbonyl (C=O) groups is 3. The van der Waals surface area contributed by atoms with Crippen molar-refractivity contribution in [2.45, 2.75) is 32.9 Å². The van der Waals surface area contributed by atoms with Crippen molar-refractivity contribution in [1.82, 2.24) is 4.90 Å². The van der Waals surface area contributed by atoms with Crippen LogP contribution >= 0.6 is 0 Å². The molecule has 2 aromatic rings. The summed E-state index contributed by atoms with van der Waals surface area (Å²) in [5, 5.41) is 0. The van der Waals surface area contributed by atoms with Gasteiger partial charge in [-0.25, -0.2) is 4.90 Å². The molecule has 6 heteroatoms. The van der Waals surface area contributed by atoms with Crippen LogP contribution < -0.4 is 9.64 Å². The van der Waals surface area contributed by atoms with E-state index in [1.807, 2.05) is 37.3 Å². The maximum atomic E-state index is 13.0. The van der Waals surface area contributed by atoms with Gasteiger partial charge in [-0.2, -0.15) is 0 Å². The first-order valence-electron chi connectivity index (χ1n) is 8.92. The highest BCUT2D eigenvalue weighted by Gasteiger charge is 2.43. The van der Waals surface area contributed by atoms with Gasteiger partial charge in [0.1, 0.15) is 11.8 Å². The molecule has 3 amide bonds. The van der Waals surface area contributed by atoms with Crippen LogP contribution in [0.5, 0.6) is 5.75 Å². The van der Waals surface area contributed by atoms with Gasteiger partial charge in [-0.1, -0.05) is 36.4 Å². The molecular weight excluding hydrogens is 344 g/mol. The Kier molecular flexibility index (Phi) is 5.54. The van der Waals surface area contributed by atoms with Crippen LogP contribution in [0.4, 0.5) is 5.69 Å². The van der Waals surface area contributed by atoms with Gasteiger partial charge in [0, 0.05) is 19.5 Å². The maximum absolute atomic E-state index is 13.0. The Morgan fingerprint density at radius 3 is 2.56 bits per heavy atom. The summed E-state index contributed by atoms with van der Waals surface area (Å²) in [5.74, 6) is -0.362. The van der Waals surface area contributed by atoms with Crippen molar-refractivity contribution in [2.75, 3.05) is 11.5 Å². The third-order valence-electron chi connectivity index (χ3n) is 4.49. The van der Waals surface area contributed by atoms with Gasteiger partial charge < -0.3 is 9.64 Å². The van der Waals surface area contributed by atoms with Crippen LogP contribution in [0.2, 0.25) is 0 Å². The molecule has 1 aliphatic rings. The molecule has 0 N–H and O–H groups in total. The second-order valence-corrected chi connectivity index (χ2v) is 6.35. The third kappa shape index (κ3) is 4.00. The Morgan fingerprint density at radius 1 is 1.15 bits per heavy atom. The maximum Gasteiger partial charge on any atom is 0.257 e. The molecule has 0 aromatic heterocycles. The monoisotopic (exact) mass is 366 g/mol. The Bertz CT molecular complexity index is 850. The fraction of sp³-hybridized carbons (Fsp3) is 0.286. The van der Waals surface area contributed by atoms with Gasteiger partial charge in [0.05, 0.1) is 18.7 Å². The summed E-state index contributed by atoms with van der Waals surface area (Å²) >= 11 is 0. The molecule has 1 heterocycles. The summed E-state index contributed by atoms with van der Waals surface area (Å²) in [6, 6.07) is 15.5. The van der Waals surface area contributed by atoms with E-state index in [-0.39, 0.29) is 30.7 Å². The van der Waals surface area contributed by atoms with Crippen molar-refractivity contribution < 1.29 is 19.1 Å². The van der Waals surface area contributed by atoms with Gasteiger partial charge in [-0.3, -0.25) is 14.4 Å². The summed E-state index contributed by atoms with van der Waals surface area (Å²) in [6.07, 6.45) is -0.0237. The standard InChI is InChI=1S/C21H22N2O4/c1-3-27-18-11-7-10-17(12-18)23-20(25)13-19(21(23)26)22(15(2)24)14-16-8-5-4-6-9-16/h4-12,19H,3,13-14H2,1-2H3. The zero-order valence-corrected chi connectivity index (χ0v) is 15.4. The molecule has 0 saturated carbocycles. The number of imide groups is 1. The zero-order valence-electron chi connectivity index (χ0n) is 15.4. The van der Waals surface area contributed by atoms with E-state index in [4.69, 9.17) is 4.74 Å².